The van der Waals surface area contributed by atoms with E-state index in [1.165, 1.54) is 5.56 Å². The summed E-state index contributed by atoms with van der Waals surface area (Å²) in [6.45, 7) is 14.3. The maximum absolute atomic E-state index is 5.99. The van der Waals surface area contributed by atoms with Crippen LogP contribution in [0, 0.1) is 5.92 Å². The third-order valence-electron chi connectivity index (χ3n) is 5.70. The number of nitrogens with zero attached hydrogens (tertiary/aromatic N) is 3. The summed E-state index contributed by atoms with van der Waals surface area (Å²) in [5.41, 5.74) is 1.38. The Hall–Kier alpha value is -1.79. The molecule has 162 valence electrons. The van der Waals surface area contributed by atoms with Crippen molar-refractivity contribution >= 4 is 5.96 Å². The molecule has 0 bridgehead atoms. The van der Waals surface area contributed by atoms with Crippen LogP contribution in [0.3, 0.4) is 0 Å². The normalized spacial score (nSPS) is 23.6. The third-order valence-corrected chi connectivity index (χ3v) is 5.70. The number of guanidine groups is 1. The van der Waals surface area contributed by atoms with Gasteiger partial charge in [0.2, 0.25) is 0 Å². The molecule has 1 aromatic rings. The number of morpholine rings is 1. The Morgan fingerprint density at radius 3 is 2.72 bits per heavy atom. The van der Waals surface area contributed by atoms with Gasteiger partial charge < -0.3 is 19.7 Å². The van der Waals surface area contributed by atoms with Crippen molar-refractivity contribution in [2.24, 2.45) is 10.9 Å². The molecule has 0 saturated carbocycles. The molecule has 0 spiro atoms. The standard InChI is InChI=1S/C23H38N4O2/c1-5-24-23(25-14-22-17-26(12-13-29-22)15-18(2)3)27-11-10-20(16-27)19-6-8-21(28-4)9-7-19/h6-9,18,20,22H,5,10-17H2,1-4H3,(H,24,25). The summed E-state index contributed by atoms with van der Waals surface area (Å²) in [6, 6.07) is 8.49. The van der Waals surface area contributed by atoms with Crippen LogP contribution in [0.2, 0.25) is 0 Å². The molecule has 2 atom stereocenters. The number of hydrogen-bond donors (Lipinski definition) is 1. The summed E-state index contributed by atoms with van der Waals surface area (Å²) >= 11 is 0. The lowest BCUT2D eigenvalue weighted by atomic mass is 9.98. The van der Waals surface area contributed by atoms with Gasteiger partial charge in [-0.3, -0.25) is 9.89 Å². The van der Waals surface area contributed by atoms with Crippen molar-refractivity contribution in [1.82, 2.24) is 15.1 Å². The molecular formula is C23H38N4O2. The topological polar surface area (TPSA) is 49.3 Å². The van der Waals surface area contributed by atoms with Gasteiger partial charge in [0.05, 0.1) is 26.4 Å². The lowest BCUT2D eigenvalue weighted by Gasteiger charge is -2.33. The number of nitrogens with one attached hydrogen (secondary N) is 1. The van der Waals surface area contributed by atoms with Crippen molar-refractivity contribution in [2.45, 2.75) is 39.2 Å². The second-order valence-electron chi connectivity index (χ2n) is 8.55. The van der Waals surface area contributed by atoms with Crippen LogP contribution in [-0.2, 0) is 4.74 Å². The summed E-state index contributed by atoms with van der Waals surface area (Å²) in [7, 11) is 1.71. The fourth-order valence-electron chi connectivity index (χ4n) is 4.29. The number of methoxy groups -OCH3 is 1. The molecule has 0 aliphatic carbocycles. The molecule has 6 nitrogen and oxygen atoms in total. The first kappa shape index (κ1) is 21.9. The molecule has 0 radical (unpaired) electrons. The number of aliphatic imine (C=N–C) groups is 1. The maximum Gasteiger partial charge on any atom is 0.194 e. The van der Waals surface area contributed by atoms with Crippen molar-refractivity contribution < 1.29 is 9.47 Å². The minimum Gasteiger partial charge on any atom is -0.497 e. The summed E-state index contributed by atoms with van der Waals surface area (Å²) < 4.78 is 11.3. The molecule has 2 fully saturated rings. The zero-order chi connectivity index (χ0) is 20.6. The monoisotopic (exact) mass is 402 g/mol. The summed E-state index contributed by atoms with van der Waals surface area (Å²) in [5.74, 6) is 3.16. The highest BCUT2D eigenvalue weighted by atomic mass is 16.5. The lowest BCUT2D eigenvalue weighted by molar-refractivity contribution is -0.0262. The molecule has 2 aliphatic rings. The first-order chi connectivity index (χ1) is 14.1. The molecule has 1 aromatic carbocycles. The molecule has 1 N–H and O–H groups in total. The van der Waals surface area contributed by atoms with Crippen molar-refractivity contribution in [3.8, 4) is 5.75 Å². The van der Waals surface area contributed by atoms with Crippen molar-refractivity contribution in [2.75, 3.05) is 59.5 Å². The van der Waals surface area contributed by atoms with Gasteiger partial charge >= 0.3 is 0 Å². The van der Waals surface area contributed by atoms with Gasteiger partial charge in [0.15, 0.2) is 5.96 Å². The van der Waals surface area contributed by atoms with E-state index in [9.17, 15) is 0 Å². The van der Waals surface area contributed by atoms with E-state index in [0.29, 0.717) is 11.8 Å². The van der Waals surface area contributed by atoms with Gasteiger partial charge in [-0.1, -0.05) is 26.0 Å². The van der Waals surface area contributed by atoms with Gasteiger partial charge in [0.1, 0.15) is 5.75 Å². The smallest absolute Gasteiger partial charge is 0.194 e. The van der Waals surface area contributed by atoms with Gasteiger partial charge in [-0.25, -0.2) is 0 Å². The number of ether oxygens (including phenoxy) is 2. The molecule has 2 heterocycles. The van der Waals surface area contributed by atoms with Crippen LogP contribution in [0.4, 0.5) is 0 Å². The molecular weight excluding hydrogens is 364 g/mol. The summed E-state index contributed by atoms with van der Waals surface area (Å²) in [5, 5.41) is 3.48. The van der Waals surface area contributed by atoms with Crippen LogP contribution in [0.15, 0.2) is 29.3 Å². The molecule has 2 unspecified atom stereocenters. The number of likely N-dealkylation sites (tertiary alicyclic amines) is 1. The highest BCUT2D eigenvalue weighted by molar-refractivity contribution is 5.80. The fourth-order valence-corrected chi connectivity index (χ4v) is 4.29. The Labute approximate surface area is 176 Å². The molecule has 29 heavy (non-hydrogen) atoms. The van der Waals surface area contributed by atoms with Crippen molar-refractivity contribution in [3.63, 3.8) is 0 Å². The molecule has 2 aliphatic heterocycles. The predicted molar refractivity (Wildman–Crippen MR) is 119 cm³/mol. The Balaban J connectivity index is 1.57. The van der Waals surface area contributed by atoms with Crippen LogP contribution in [0.1, 0.15) is 38.7 Å². The SMILES string of the molecule is CCNC(=NCC1CN(CC(C)C)CCO1)N1CCC(c2ccc(OC)cc2)C1. The number of hydrogen-bond acceptors (Lipinski definition) is 4. The first-order valence-electron chi connectivity index (χ1n) is 11.1. The van der Waals surface area contributed by atoms with Crippen LogP contribution in [0.25, 0.3) is 0 Å². The second kappa shape index (κ2) is 10.8. The molecule has 6 heteroatoms. The van der Waals surface area contributed by atoms with Gasteiger partial charge in [-0.2, -0.15) is 0 Å². The average molecular weight is 403 g/mol. The Morgan fingerprint density at radius 2 is 2.03 bits per heavy atom. The van der Waals surface area contributed by atoms with Gasteiger partial charge in [-0.05, 0) is 37.0 Å². The van der Waals surface area contributed by atoms with E-state index in [4.69, 9.17) is 14.5 Å². The van der Waals surface area contributed by atoms with Gasteiger partial charge in [0.25, 0.3) is 0 Å². The molecule has 3 rings (SSSR count). The van der Waals surface area contributed by atoms with Crippen molar-refractivity contribution in [1.29, 1.82) is 0 Å². The Morgan fingerprint density at radius 1 is 1.24 bits per heavy atom. The predicted octanol–water partition coefficient (Wildman–Crippen LogP) is 2.81. The highest BCUT2D eigenvalue weighted by Crippen LogP contribution is 2.28. The second-order valence-corrected chi connectivity index (χ2v) is 8.55. The van der Waals surface area contributed by atoms with Crippen LogP contribution >= 0.6 is 0 Å². The van der Waals surface area contributed by atoms with Crippen LogP contribution in [-0.4, -0.2) is 81.4 Å². The minimum atomic E-state index is 0.191. The highest BCUT2D eigenvalue weighted by Gasteiger charge is 2.27. The van der Waals surface area contributed by atoms with E-state index in [1.807, 2.05) is 0 Å². The minimum absolute atomic E-state index is 0.191. The average Bonchev–Trinajstić information content (AvgIpc) is 3.21. The van der Waals surface area contributed by atoms with Crippen LogP contribution < -0.4 is 10.1 Å². The Kier molecular flexibility index (Phi) is 8.19. The molecule has 0 amide bonds. The van der Waals surface area contributed by atoms with E-state index in [0.717, 1.165) is 70.6 Å². The van der Waals surface area contributed by atoms with E-state index in [-0.39, 0.29) is 6.10 Å². The largest absolute Gasteiger partial charge is 0.497 e. The summed E-state index contributed by atoms with van der Waals surface area (Å²) in [4.78, 5) is 9.85. The fraction of sp³-hybridized carbons (Fsp3) is 0.696. The molecule has 0 aromatic heterocycles. The molecule has 2 saturated heterocycles. The zero-order valence-corrected chi connectivity index (χ0v) is 18.6. The van der Waals surface area contributed by atoms with Gasteiger partial charge in [0, 0.05) is 45.2 Å². The van der Waals surface area contributed by atoms with Gasteiger partial charge in [-0.15, -0.1) is 0 Å². The first-order valence-corrected chi connectivity index (χ1v) is 11.1. The van der Waals surface area contributed by atoms with Crippen LogP contribution in [0.5, 0.6) is 5.75 Å². The third kappa shape index (κ3) is 6.34. The summed E-state index contributed by atoms with van der Waals surface area (Å²) in [6.07, 6.45) is 1.34. The zero-order valence-electron chi connectivity index (χ0n) is 18.6. The number of benzene rings is 1. The Bertz CT molecular complexity index is 647. The van der Waals surface area contributed by atoms with E-state index < -0.39 is 0 Å². The van der Waals surface area contributed by atoms with E-state index in [2.05, 4.69) is 60.2 Å². The van der Waals surface area contributed by atoms with E-state index >= 15 is 0 Å². The van der Waals surface area contributed by atoms with Crippen molar-refractivity contribution in [3.05, 3.63) is 29.8 Å². The quantitative estimate of drug-likeness (QED) is 0.561. The lowest BCUT2D eigenvalue weighted by Crippen LogP contribution is -2.46. The number of rotatable bonds is 7. The van der Waals surface area contributed by atoms with E-state index in [1.54, 1.807) is 7.11 Å². The maximum atomic E-state index is 5.99.